The molecule has 0 saturated heterocycles. The lowest BCUT2D eigenvalue weighted by molar-refractivity contribution is -0.137. The van der Waals surface area contributed by atoms with E-state index in [2.05, 4.69) is 4.98 Å². The zero-order valence-corrected chi connectivity index (χ0v) is 12.3. The van der Waals surface area contributed by atoms with E-state index in [4.69, 9.17) is 11.6 Å². The van der Waals surface area contributed by atoms with Gasteiger partial charge in [0.05, 0.1) is 10.6 Å². The van der Waals surface area contributed by atoms with Crippen molar-refractivity contribution in [3.8, 4) is 0 Å². The Labute approximate surface area is 128 Å². The molecule has 110 valence electrons. The molecule has 2 nitrogen and oxygen atoms in total. The molecule has 0 aliphatic rings. The van der Waals surface area contributed by atoms with Crippen molar-refractivity contribution in [2.75, 3.05) is 0 Å². The van der Waals surface area contributed by atoms with Gasteiger partial charge in [0.1, 0.15) is 5.03 Å². The minimum absolute atomic E-state index is 0.0511. The van der Waals surface area contributed by atoms with Gasteiger partial charge in [0.25, 0.3) is 0 Å². The van der Waals surface area contributed by atoms with Crippen LogP contribution in [0.3, 0.4) is 0 Å². The van der Waals surface area contributed by atoms with Crippen LogP contribution < -0.4 is 0 Å². The predicted molar refractivity (Wildman–Crippen MR) is 75.6 cm³/mol. The number of pyridine rings is 1. The minimum Gasteiger partial charge on any atom is -0.281 e. The van der Waals surface area contributed by atoms with Crippen molar-refractivity contribution in [1.82, 2.24) is 4.98 Å². The summed E-state index contributed by atoms with van der Waals surface area (Å²) in [7, 11) is 0. The van der Waals surface area contributed by atoms with Crippen molar-refractivity contribution in [1.29, 1.82) is 0 Å². The first kappa shape index (κ1) is 15.9. The van der Waals surface area contributed by atoms with Gasteiger partial charge in [0.2, 0.25) is 5.12 Å². The maximum atomic E-state index is 12.5. The van der Waals surface area contributed by atoms with Gasteiger partial charge in [-0.2, -0.15) is 13.2 Å². The first-order chi connectivity index (χ1) is 9.77. The van der Waals surface area contributed by atoms with Crippen LogP contribution in [-0.2, 0) is 6.18 Å². The highest BCUT2D eigenvalue weighted by Gasteiger charge is 2.31. The smallest absolute Gasteiger partial charge is 0.281 e. The summed E-state index contributed by atoms with van der Waals surface area (Å²) >= 11 is 6.46. The van der Waals surface area contributed by atoms with E-state index in [1.54, 1.807) is 24.3 Å². The van der Waals surface area contributed by atoms with Crippen LogP contribution in [0, 0.1) is 6.92 Å². The summed E-state index contributed by atoms with van der Waals surface area (Å²) in [6.07, 6.45) is -3.85. The Balaban J connectivity index is 2.20. The van der Waals surface area contributed by atoms with E-state index in [1.807, 2.05) is 6.92 Å². The van der Waals surface area contributed by atoms with Crippen LogP contribution in [0.5, 0.6) is 0 Å². The molecule has 0 aliphatic heterocycles. The van der Waals surface area contributed by atoms with Gasteiger partial charge < -0.3 is 0 Å². The van der Waals surface area contributed by atoms with E-state index in [1.165, 1.54) is 0 Å². The first-order valence-electron chi connectivity index (χ1n) is 5.79. The number of nitrogens with zero attached hydrogens (tertiary/aromatic N) is 1. The van der Waals surface area contributed by atoms with E-state index >= 15 is 0 Å². The third-order valence-electron chi connectivity index (χ3n) is 2.61. The van der Waals surface area contributed by atoms with Crippen LogP contribution in [0.1, 0.15) is 21.5 Å². The van der Waals surface area contributed by atoms with Crippen LogP contribution >= 0.6 is 23.4 Å². The molecule has 0 atom stereocenters. The number of hydrogen-bond donors (Lipinski definition) is 0. The first-order valence-corrected chi connectivity index (χ1v) is 6.98. The molecule has 0 N–H and O–H groups in total. The second-order valence-electron chi connectivity index (χ2n) is 4.26. The summed E-state index contributed by atoms with van der Waals surface area (Å²) in [6.45, 7) is 1.88. The molecular weight excluding hydrogens is 323 g/mol. The van der Waals surface area contributed by atoms with Gasteiger partial charge in [-0.1, -0.05) is 41.4 Å². The van der Waals surface area contributed by atoms with E-state index in [-0.39, 0.29) is 15.2 Å². The van der Waals surface area contributed by atoms with E-state index < -0.39 is 11.7 Å². The monoisotopic (exact) mass is 331 g/mol. The number of aryl methyl sites for hydroxylation is 1. The number of carbonyl (C=O) groups is 1. The number of alkyl halides is 3. The lowest BCUT2D eigenvalue weighted by Crippen LogP contribution is -2.06. The quantitative estimate of drug-likeness (QED) is 0.726. The summed E-state index contributed by atoms with van der Waals surface area (Å²) in [4.78, 5) is 15.6. The molecule has 0 saturated carbocycles. The predicted octanol–water partition coefficient (Wildman–Crippen LogP) is 4.99. The topological polar surface area (TPSA) is 30.0 Å². The third kappa shape index (κ3) is 3.98. The van der Waals surface area contributed by atoms with Gasteiger partial charge in [-0.3, -0.25) is 4.79 Å². The standard InChI is InChI=1S/C14H9ClF3NOS/c1-8-2-4-9(5-3-8)13(20)21-12-11(15)6-10(7-19-12)14(16,17)18/h2-7H,1H3. The summed E-state index contributed by atoms with van der Waals surface area (Å²) in [5.74, 6) is 0. The fourth-order valence-corrected chi connectivity index (χ4v) is 2.47. The van der Waals surface area contributed by atoms with Gasteiger partial charge in [-0.05, 0) is 24.8 Å². The Morgan fingerprint density at radius 3 is 2.38 bits per heavy atom. The van der Waals surface area contributed by atoms with Crippen LogP contribution in [0.25, 0.3) is 0 Å². The van der Waals surface area contributed by atoms with Crippen molar-refractivity contribution in [2.45, 2.75) is 18.1 Å². The van der Waals surface area contributed by atoms with Crippen LogP contribution in [0.2, 0.25) is 5.02 Å². The number of thioether (sulfide) groups is 1. The highest BCUT2D eigenvalue weighted by Crippen LogP contribution is 2.34. The van der Waals surface area contributed by atoms with Crippen molar-refractivity contribution in [3.05, 3.63) is 58.2 Å². The Morgan fingerprint density at radius 2 is 1.86 bits per heavy atom. The van der Waals surface area contributed by atoms with Crippen molar-refractivity contribution >= 4 is 28.5 Å². The van der Waals surface area contributed by atoms with Crippen molar-refractivity contribution in [3.63, 3.8) is 0 Å². The van der Waals surface area contributed by atoms with E-state index in [9.17, 15) is 18.0 Å². The third-order valence-corrected chi connectivity index (χ3v) is 3.95. The molecule has 1 aromatic heterocycles. The second kappa shape index (κ2) is 6.07. The normalized spacial score (nSPS) is 11.5. The van der Waals surface area contributed by atoms with Gasteiger partial charge in [-0.25, -0.2) is 4.98 Å². The molecule has 7 heteroatoms. The van der Waals surface area contributed by atoms with Gasteiger partial charge in [-0.15, -0.1) is 0 Å². The molecule has 2 aromatic rings. The van der Waals surface area contributed by atoms with Crippen LogP contribution in [0.4, 0.5) is 13.2 Å². The Kier molecular flexibility index (Phi) is 4.58. The molecule has 1 heterocycles. The molecule has 0 spiro atoms. The SMILES string of the molecule is Cc1ccc(C(=O)Sc2ncc(C(F)(F)F)cc2Cl)cc1. The average Bonchev–Trinajstić information content (AvgIpc) is 2.40. The molecule has 0 unspecified atom stereocenters. The lowest BCUT2D eigenvalue weighted by Gasteiger charge is -2.08. The zero-order valence-electron chi connectivity index (χ0n) is 10.7. The maximum absolute atomic E-state index is 12.5. The number of halogens is 4. The number of aromatic nitrogens is 1. The molecule has 0 radical (unpaired) electrons. The Hall–Kier alpha value is -1.53. The Bertz CT molecular complexity index is 671. The maximum Gasteiger partial charge on any atom is 0.417 e. The molecule has 21 heavy (non-hydrogen) atoms. The number of carbonyl (C=O) groups excluding carboxylic acids is 1. The van der Waals surface area contributed by atoms with Crippen molar-refractivity contribution < 1.29 is 18.0 Å². The molecule has 2 rings (SSSR count). The zero-order chi connectivity index (χ0) is 15.6. The summed E-state index contributed by atoms with van der Waals surface area (Å²) in [5, 5.41) is -0.477. The molecular formula is C14H9ClF3NOS. The van der Waals surface area contributed by atoms with Gasteiger partial charge in [0, 0.05) is 11.8 Å². The minimum atomic E-state index is -4.51. The fraction of sp³-hybridized carbons (Fsp3) is 0.143. The lowest BCUT2D eigenvalue weighted by atomic mass is 10.2. The largest absolute Gasteiger partial charge is 0.417 e. The summed E-state index contributed by atoms with van der Waals surface area (Å²) < 4.78 is 37.5. The highest BCUT2D eigenvalue weighted by molar-refractivity contribution is 8.14. The number of benzene rings is 1. The number of rotatable bonds is 2. The Morgan fingerprint density at radius 1 is 1.24 bits per heavy atom. The second-order valence-corrected chi connectivity index (χ2v) is 5.63. The number of hydrogen-bond acceptors (Lipinski definition) is 3. The van der Waals surface area contributed by atoms with Crippen LogP contribution in [0.15, 0.2) is 41.6 Å². The van der Waals surface area contributed by atoms with E-state index in [0.29, 0.717) is 23.5 Å². The summed E-state index contributed by atoms with van der Waals surface area (Å²) in [5.41, 5.74) is 0.491. The molecule has 0 bridgehead atoms. The molecule has 0 aliphatic carbocycles. The van der Waals surface area contributed by atoms with Crippen LogP contribution in [-0.4, -0.2) is 10.1 Å². The molecule has 1 aromatic carbocycles. The van der Waals surface area contributed by atoms with E-state index in [0.717, 1.165) is 11.6 Å². The van der Waals surface area contributed by atoms with Gasteiger partial charge in [0.15, 0.2) is 0 Å². The van der Waals surface area contributed by atoms with Crippen molar-refractivity contribution in [2.24, 2.45) is 0 Å². The fourth-order valence-electron chi connectivity index (χ4n) is 1.49. The summed E-state index contributed by atoms with van der Waals surface area (Å²) in [6, 6.07) is 7.59. The van der Waals surface area contributed by atoms with Gasteiger partial charge >= 0.3 is 6.18 Å². The molecule has 0 amide bonds. The highest BCUT2D eigenvalue weighted by atomic mass is 35.5. The average molecular weight is 332 g/mol. The molecule has 0 fully saturated rings.